The SMILES string of the molecule is CCOC(=O)NC1CC(C)CN(C(C)C2CC2)C1. The lowest BCUT2D eigenvalue weighted by molar-refractivity contribution is 0.0919. The Kier molecular flexibility index (Phi) is 4.49. The molecule has 3 unspecified atom stereocenters. The molecule has 2 rings (SSSR count). The van der Waals surface area contributed by atoms with Crippen LogP contribution in [-0.4, -0.2) is 42.8 Å². The highest BCUT2D eigenvalue weighted by Gasteiger charge is 2.36. The van der Waals surface area contributed by atoms with E-state index in [2.05, 4.69) is 24.1 Å². The summed E-state index contributed by atoms with van der Waals surface area (Å²) in [4.78, 5) is 14.0. The Morgan fingerprint density at radius 1 is 1.44 bits per heavy atom. The van der Waals surface area contributed by atoms with Crippen LogP contribution in [-0.2, 0) is 4.74 Å². The Morgan fingerprint density at radius 3 is 2.78 bits per heavy atom. The Bertz CT molecular complexity index is 292. The zero-order valence-corrected chi connectivity index (χ0v) is 11.8. The zero-order valence-electron chi connectivity index (χ0n) is 11.8. The summed E-state index contributed by atoms with van der Waals surface area (Å²) < 4.78 is 4.97. The van der Waals surface area contributed by atoms with Crippen molar-refractivity contribution in [2.24, 2.45) is 11.8 Å². The largest absolute Gasteiger partial charge is 0.450 e. The van der Waals surface area contributed by atoms with Crippen molar-refractivity contribution in [3.8, 4) is 0 Å². The maximum atomic E-state index is 11.5. The highest BCUT2D eigenvalue weighted by Crippen LogP contribution is 2.36. The van der Waals surface area contributed by atoms with E-state index in [-0.39, 0.29) is 12.1 Å². The minimum atomic E-state index is -0.268. The van der Waals surface area contributed by atoms with Gasteiger partial charge in [-0.05, 0) is 44.9 Å². The van der Waals surface area contributed by atoms with Crippen molar-refractivity contribution in [3.63, 3.8) is 0 Å². The number of alkyl carbamates (subject to hydrolysis) is 1. The van der Waals surface area contributed by atoms with Crippen LogP contribution >= 0.6 is 0 Å². The number of piperidine rings is 1. The van der Waals surface area contributed by atoms with E-state index in [0.717, 1.165) is 18.9 Å². The lowest BCUT2D eigenvalue weighted by atomic mass is 9.94. The minimum absolute atomic E-state index is 0.244. The third-order valence-electron chi connectivity index (χ3n) is 4.17. The lowest BCUT2D eigenvalue weighted by Crippen LogP contribution is -2.53. The van der Waals surface area contributed by atoms with Gasteiger partial charge in [0.05, 0.1) is 6.61 Å². The van der Waals surface area contributed by atoms with Gasteiger partial charge >= 0.3 is 6.09 Å². The molecular weight excluding hydrogens is 228 g/mol. The van der Waals surface area contributed by atoms with E-state index < -0.39 is 0 Å². The van der Waals surface area contributed by atoms with Gasteiger partial charge in [0.25, 0.3) is 0 Å². The van der Waals surface area contributed by atoms with Crippen molar-refractivity contribution in [3.05, 3.63) is 0 Å². The first-order chi connectivity index (χ1) is 8.60. The van der Waals surface area contributed by atoms with Crippen LogP contribution in [0.5, 0.6) is 0 Å². The molecule has 0 spiro atoms. The summed E-state index contributed by atoms with van der Waals surface area (Å²) in [5, 5.41) is 2.99. The normalized spacial score (nSPS) is 30.8. The molecule has 4 nitrogen and oxygen atoms in total. The third-order valence-corrected chi connectivity index (χ3v) is 4.17. The van der Waals surface area contributed by atoms with E-state index in [0.29, 0.717) is 18.6 Å². The number of likely N-dealkylation sites (tertiary alicyclic amines) is 1. The molecule has 1 saturated heterocycles. The Morgan fingerprint density at radius 2 is 2.17 bits per heavy atom. The molecule has 18 heavy (non-hydrogen) atoms. The summed E-state index contributed by atoms with van der Waals surface area (Å²) in [6, 6.07) is 0.910. The number of rotatable bonds is 4. The van der Waals surface area contributed by atoms with E-state index in [1.54, 1.807) is 0 Å². The van der Waals surface area contributed by atoms with Crippen molar-refractivity contribution in [2.75, 3.05) is 19.7 Å². The number of hydrogen-bond acceptors (Lipinski definition) is 3. The summed E-state index contributed by atoms with van der Waals surface area (Å²) >= 11 is 0. The smallest absolute Gasteiger partial charge is 0.407 e. The van der Waals surface area contributed by atoms with Gasteiger partial charge in [0.15, 0.2) is 0 Å². The van der Waals surface area contributed by atoms with Crippen LogP contribution in [0.1, 0.15) is 40.0 Å². The van der Waals surface area contributed by atoms with E-state index in [1.807, 2.05) is 6.92 Å². The molecule has 0 radical (unpaired) electrons. The molecule has 1 aliphatic heterocycles. The van der Waals surface area contributed by atoms with Gasteiger partial charge in [0.2, 0.25) is 0 Å². The van der Waals surface area contributed by atoms with Crippen LogP contribution in [0.3, 0.4) is 0 Å². The summed E-state index contributed by atoms with van der Waals surface area (Å²) in [6.07, 6.45) is 3.55. The first kappa shape index (κ1) is 13.7. The molecule has 4 heteroatoms. The van der Waals surface area contributed by atoms with Crippen molar-refractivity contribution in [1.82, 2.24) is 10.2 Å². The molecule has 1 amide bonds. The standard InChI is InChI=1S/C14H26N2O2/c1-4-18-14(17)15-13-7-10(2)8-16(9-13)11(3)12-5-6-12/h10-13H,4-9H2,1-3H3,(H,15,17). The molecular formula is C14H26N2O2. The third kappa shape index (κ3) is 3.61. The molecule has 1 aliphatic carbocycles. The summed E-state index contributed by atoms with van der Waals surface area (Å²) in [7, 11) is 0. The van der Waals surface area contributed by atoms with Crippen molar-refractivity contribution < 1.29 is 9.53 Å². The van der Waals surface area contributed by atoms with Gasteiger partial charge in [-0.3, -0.25) is 4.90 Å². The summed E-state index contributed by atoms with van der Waals surface area (Å²) in [5.74, 6) is 1.53. The lowest BCUT2D eigenvalue weighted by Gasteiger charge is -2.40. The molecule has 0 aromatic rings. The molecule has 2 fully saturated rings. The fourth-order valence-electron chi connectivity index (χ4n) is 3.05. The number of amides is 1. The predicted molar refractivity (Wildman–Crippen MR) is 71.5 cm³/mol. The fraction of sp³-hybridized carbons (Fsp3) is 0.929. The molecule has 0 aromatic heterocycles. The van der Waals surface area contributed by atoms with Crippen LogP contribution in [0.4, 0.5) is 4.79 Å². The maximum Gasteiger partial charge on any atom is 0.407 e. The van der Waals surface area contributed by atoms with E-state index in [4.69, 9.17) is 4.74 Å². The average Bonchev–Trinajstić information content (AvgIpc) is 3.11. The van der Waals surface area contributed by atoms with Gasteiger partial charge in [-0.1, -0.05) is 6.92 Å². The second-order valence-electron chi connectivity index (χ2n) is 5.93. The number of nitrogens with zero attached hydrogens (tertiary/aromatic N) is 1. The number of carbonyl (C=O) groups is 1. The van der Waals surface area contributed by atoms with Gasteiger partial charge in [0.1, 0.15) is 0 Å². The summed E-state index contributed by atoms with van der Waals surface area (Å²) in [6.45, 7) is 9.02. The Balaban J connectivity index is 1.85. The first-order valence-electron chi connectivity index (χ1n) is 7.27. The van der Waals surface area contributed by atoms with E-state index in [1.165, 1.54) is 19.4 Å². The van der Waals surface area contributed by atoms with Crippen molar-refractivity contribution >= 4 is 6.09 Å². The molecule has 3 atom stereocenters. The second-order valence-corrected chi connectivity index (χ2v) is 5.93. The van der Waals surface area contributed by atoms with Crippen LogP contribution in [0.15, 0.2) is 0 Å². The molecule has 104 valence electrons. The van der Waals surface area contributed by atoms with E-state index in [9.17, 15) is 4.79 Å². The Labute approximate surface area is 110 Å². The van der Waals surface area contributed by atoms with Crippen molar-refractivity contribution in [2.45, 2.75) is 52.1 Å². The first-order valence-corrected chi connectivity index (χ1v) is 7.27. The minimum Gasteiger partial charge on any atom is -0.450 e. The number of nitrogens with one attached hydrogen (secondary N) is 1. The highest BCUT2D eigenvalue weighted by molar-refractivity contribution is 5.67. The number of carbonyl (C=O) groups excluding carboxylic acids is 1. The quantitative estimate of drug-likeness (QED) is 0.836. The number of ether oxygens (including phenoxy) is 1. The molecule has 1 N–H and O–H groups in total. The van der Waals surface area contributed by atoms with Crippen LogP contribution in [0.25, 0.3) is 0 Å². The van der Waals surface area contributed by atoms with Crippen LogP contribution < -0.4 is 5.32 Å². The van der Waals surface area contributed by atoms with Crippen LogP contribution in [0, 0.1) is 11.8 Å². The molecule has 0 bridgehead atoms. The molecule has 0 aromatic carbocycles. The van der Waals surface area contributed by atoms with Gasteiger partial charge in [0, 0.05) is 25.2 Å². The van der Waals surface area contributed by atoms with Crippen LogP contribution in [0.2, 0.25) is 0 Å². The maximum absolute atomic E-state index is 11.5. The van der Waals surface area contributed by atoms with Gasteiger partial charge in [-0.2, -0.15) is 0 Å². The fourth-order valence-corrected chi connectivity index (χ4v) is 3.05. The van der Waals surface area contributed by atoms with Gasteiger partial charge in [-0.25, -0.2) is 4.79 Å². The van der Waals surface area contributed by atoms with Gasteiger partial charge < -0.3 is 10.1 Å². The topological polar surface area (TPSA) is 41.6 Å². The second kappa shape index (κ2) is 5.91. The van der Waals surface area contributed by atoms with Gasteiger partial charge in [-0.15, -0.1) is 0 Å². The van der Waals surface area contributed by atoms with Crippen molar-refractivity contribution in [1.29, 1.82) is 0 Å². The summed E-state index contributed by atoms with van der Waals surface area (Å²) in [5.41, 5.74) is 0. The highest BCUT2D eigenvalue weighted by atomic mass is 16.5. The number of hydrogen-bond donors (Lipinski definition) is 1. The molecule has 2 aliphatic rings. The Hall–Kier alpha value is -0.770. The van der Waals surface area contributed by atoms with E-state index >= 15 is 0 Å². The monoisotopic (exact) mass is 254 g/mol. The average molecular weight is 254 g/mol. The zero-order chi connectivity index (χ0) is 13.1. The predicted octanol–water partition coefficient (Wildman–Crippen LogP) is 2.24. The molecule has 1 saturated carbocycles. The molecule has 1 heterocycles.